The largest absolute Gasteiger partial charge is 0.324 e. The van der Waals surface area contributed by atoms with Gasteiger partial charge in [0.2, 0.25) is 5.91 Å². The molecule has 0 saturated carbocycles. The van der Waals surface area contributed by atoms with Crippen LogP contribution in [0.4, 0.5) is 5.69 Å². The second-order valence-corrected chi connectivity index (χ2v) is 4.38. The standard InChI is InChI=1S/C15H14N2O/c1-16-14-12-9-11(10-5-3-2-4-6-10)7-8-13(12)17-15(14)18/h2-9,14,16H,1H3,(H,17,18). The molecule has 0 saturated heterocycles. The van der Waals surface area contributed by atoms with Crippen molar-refractivity contribution in [1.29, 1.82) is 0 Å². The average Bonchev–Trinajstić information content (AvgIpc) is 2.74. The van der Waals surface area contributed by atoms with Gasteiger partial charge in [-0.15, -0.1) is 0 Å². The van der Waals surface area contributed by atoms with Gasteiger partial charge in [0.1, 0.15) is 6.04 Å². The van der Waals surface area contributed by atoms with Crippen molar-refractivity contribution in [2.45, 2.75) is 6.04 Å². The predicted molar refractivity (Wildman–Crippen MR) is 72.3 cm³/mol. The normalized spacial score (nSPS) is 17.4. The van der Waals surface area contributed by atoms with Crippen LogP contribution in [-0.2, 0) is 4.79 Å². The van der Waals surface area contributed by atoms with Crippen molar-refractivity contribution in [1.82, 2.24) is 5.32 Å². The first kappa shape index (κ1) is 11.0. The van der Waals surface area contributed by atoms with Crippen LogP contribution >= 0.6 is 0 Å². The van der Waals surface area contributed by atoms with Crippen LogP contribution in [0.3, 0.4) is 0 Å². The molecule has 0 aromatic heterocycles. The highest BCUT2D eigenvalue weighted by Gasteiger charge is 2.29. The zero-order chi connectivity index (χ0) is 12.5. The first-order valence-corrected chi connectivity index (χ1v) is 5.97. The number of anilines is 1. The van der Waals surface area contributed by atoms with Crippen LogP contribution in [-0.4, -0.2) is 13.0 Å². The number of amides is 1. The zero-order valence-corrected chi connectivity index (χ0v) is 10.1. The number of rotatable bonds is 2. The van der Waals surface area contributed by atoms with E-state index in [2.05, 4.69) is 28.8 Å². The number of carbonyl (C=O) groups is 1. The summed E-state index contributed by atoms with van der Waals surface area (Å²) in [7, 11) is 1.80. The molecule has 1 aliphatic heterocycles. The lowest BCUT2D eigenvalue weighted by molar-refractivity contribution is -0.117. The highest BCUT2D eigenvalue weighted by atomic mass is 16.2. The molecule has 0 radical (unpaired) electrons. The average molecular weight is 238 g/mol. The van der Waals surface area contributed by atoms with Gasteiger partial charge in [0.25, 0.3) is 0 Å². The Hall–Kier alpha value is -2.13. The van der Waals surface area contributed by atoms with Crippen molar-refractivity contribution in [2.24, 2.45) is 0 Å². The molecule has 1 atom stereocenters. The van der Waals surface area contributed by atoms with Crippen LogP contribution < -0.4 is 10.6 Å². The van der Waals surface area contributed by atoms with E-state index in [1.807, 2.05) is 30.3 Å². The fraction of sp³-hybridized carbons (Fsp3) is 0.133. The van der Waals surface area contributed by atoms with Gasteiger partial charge in [-0.25, -0.2) is 0 Å². The Labute approximate surface area is 106 Å². The van der Waals surface area contributed by atoms with E-state index in [4.69, 9.17) is 0 Å². The molecular formula is C15H14N2O. The number of fused-ring (bicyclic) bond motifs is 1. The van der Waals surface area contributed by atoms with Crippen molar-refractivity contribution in [2.75, 3.05) is 12.4 Å². The smallest absolute Gasteiger partial charge is 0.246 e. The SMILES string of the molecule is CNC1C(=O)Nc2ccc(-c3ccccc3)cc21. The number of hydrogen-bond donors (Lipinski definition) is 2. The molecular weight excluding hydrogens is 224 g/mol. The van der Waals surface area contributed by atoms with Crippen molar-refractivity contribution in [3.63, 3.8) is 0 Å². The fourth-order valence-corrected chi connectivity index (χ4v) is 2.36. The Morgan fingerprint density at radius 2 is 1.83 bits per heavy atom. The Morgan fingerprint density at radius 1 is 1.06 bits per heavy atom. The third kappa shape index (κ3) is 1.69. The second kappa shape index (κ2) is 4.27. The van der Waals surface area contributed by atoms with Crippen LogP contribution in [0.1, 0.15) is 11.6 Å². The molecule has 1 aliphatic rings. The molecule has 0 bridgehead atoms. The predicted octanol–water partition coefficient (Wildman–Crippen LogP) is 2.57. The Balaban J connectivity index is 2.07. The molecule has 0 spiro atoms. The minimum atomic E-state index is -0.247. The molecule has 2 aromatic rings. The van der Waals surface area contributed by atoms with Crippen LogP contribution in [0, 0.1) is 0 Å². The van der Waals surface area contributed by atoms with E-state index in [0.717, 1.165) is 22.4 Å². The molecule has 3 nitrogen and oxygen atoms in total. The van der Waals surface area contributed by atoms with E-state index in [9.17, 15) is 4.79 Å². The summed E-state index contributed by atoms with van der Waals surface area (Å²) in [4.78, 5) is 11.7. The summed E-state index contributed by atoms with van der Waals surface area (Å²) in [6, 6.07) is 16.0. The van der Waals surface area contributed by atoms with Gasteiger partial charge in [0.05, 0.1) is 0 Å². The van der Waals surface area contributed by atoms with E-state index in [1.165, 1.54) is 0 Å². The lowest BCUT2D eigenvalue weighted by Gasteiger charge is -2.08. The third-order valence-corrected chi connectivity index (χ3v) is 3.28. The maximum Gasteiger partial charge on any atom is 0.246 e. The maximum absolute atomic E-state index is 11.7. The molecule has 18 heavy (non-hydrogen) atoms. The second-order valence-electron chi connectivity index (χ2n) is 4.38. The molecule has 0 fully saturated rings. The van der Waals surface area contributed by atoms with Crippen molar-refractivity contribution >= 4 is 11.6 Å². The summed E-state index contributed by atoms with van der Waals surface area (Å²) in [5.41, 5.74) is 4.21. The monoisotopic (exact) mass is 238 g/mol. The number of likely N-dealkylation sites (N-methyl/N-ethyl adjacent to an activating group) is 1. The van der Waals surface area contributed by atoms with Gasteiger partial charge in [-0.1, -0.05) is 36.4 Å². The lowest BCUT2D eigenvalue weighted by atomic mass is 10.00. The molecule has 90 valence electrons. The van der Waals surface area contributed by atoms with Gasteiger partial charge >= 0.3 is 0 Å². The topological polar surface area (TPSA) is 41.1 Å². The highest BCUT2D eigenvalue weighted by molar-refractivity contribution is 6.03. The van der Waals surface area contributed by atoms with E-state index in [-0.39, 0.29) is 11.9 Å². The summed E-state index contributed by atoms with van der Waals surface area (Å²) in [5.74, 6) is 0.0118. The van der Waals surface area contributed by atoms with Crippen LogP contribution in [0.25, 0.3) is 11.1 Å². The number of benzene rings is 2. The molecule has 2 N–H and O–H groups in total. The van der Waals surface area contributed by atoms with E-state index < -0.39 is 0 Å². The van der Waals surface area contributed by atoms with Gasteiger partial charge in [-0.3, -0.25) is 4.79 Å². The van der Waals surface area contributed by atoms with E-state index >= 15 is 0 Å². The van der Waals surface area contributed by atoms with Crippen LogP contribution in [0.15, 0.2) is 48.5 Å². The van der Waals surface area contributed by atoms with Crippen LogP contribution in [0.5, 0.6) is 0 Å². The minimum Gasteiger partial charge on any atom is -0.324 e. The first-order valence-electron chi connectivity index (χ1n) is 5.97. The summed E-state index contributed by atoms with van der Waals surface area (Å²) in [5, 5.41) is 5.91. The molecule has 1 heterocycles. The maximum atomic E-state index is 11.7. The molecule has 0 aliphatic carbocycles. The lowest BCUT2D eigenvalue weighted by Crippen LogP contribution is -2.23. The number of hydrogen-bond acceptors (Lipinski definition) is 2. The summed E-state index contributed by atoms with van der Waals surface area (Å²) in [6.07, 6.45) is 0. The van der Waals surface area contributed by atoms with Crippen molar-refractivity contribution < 1.29 is 4.79 Å². The Kier molecular flexibility index (Phi) is 2.61. The van der Waals surface area contributed by atoms with E-state index in [1.54, 1.807) is 7.05 Å². The Morgan fingerprint density at radius 3 is 2.56 bits per heavy atom. The summed E-state index contributed by atoms with van der Waals surface area (Å²) >= 11 is 0. The fourth-order valence-electron chi connectivity index (χ4n) is 2.36. The summed E-state index contributed by atoms with van der Waals surface area (Å²) < 4.78 is 0. The number of nitrogens with one attached hydrogen (secondary N) is 2. The minimum absolute atomic E-state index is 0.0118. The van der Waals surface area contributed by atoms with Gasteiger partial charge in [-0.05, 0) is 30.3 Å². The first-order chi connectivity index (χ1) is 8.79. The van der Waals surface area contributed by atoms with E-state index in [0.29, 0.717) is 0 Å². The van der Waals surface area contributed by atoms with Crippen molar-refractivity contribution in [3.05, 3.63) is 54.1 Å². The molecule has 2 aromatic carbocycles. The summed E-state index contributed by atoms with van der Waals surface area (Å²) in [6.45, 7) is 0. The molecule has 1 amide bonds. The quantitative estimate of drug-likeness (QED) is 0.844. The zero-order valence-electron chi connectivity index (χ0n) is 10.1. The third-order valence-electron chi connectivity index (χ3n) is 3.28. The van der Waals surface area contributed by atoms with Gasteiger partial charge < -0.3 is 10.6 Å². The number of carbonyl (C=O) groups excluding carboxylic acids is 1. The van der Waals surface area contributed by atoms with Crippen molar-refractivity contribution in [3.8, 4) is 11.1 Å². The Bertz CT molecular complexity index is 593. The van der Waals surface area contributed by atoms with Crippen LogP contribution in [0.2, 0.25) is 0 Å². The van der Waals surface area contributed by atoms with Gasteiger partial charge in [0.15, 0.2) is 0 Å². The molecule has 3 heteroatoms. The van der Waals surface area contributed by atoms with Gasteiger partial charge in [-0.2, -0.15) is 0 Å². The highest BCUT2D eigenvalue weighted by Crippen LogP contribution is 2.34. The molecule has 1 unspecified atom stereocenters. The van der Waals surface area contributed by atoms with Gasteiger partial charge in [0, 0.05) is 11.3 Å². The molecule has 3 rings (SSSR count).